The summed E-state index contributed by atoms with van der Waals surface area (Å²) in [5, 5.41) is 0. The molecule has 0 saturated carbocycles. The number of primary amides is 1. The van der Waals surface area contributed by atoms with E-state index in [9.17, 15) is 4.79 Å². The molecule has 2 aliphatic heterocycles. The molecule has 2 heterocycles. The number of fused-ring (bicyclic) bond motifs is 1. The quantitative estimate of drug-likeness (QED) is 0.829. The van der Waals surface area contributed by atoms with Crippen molar-refractivity contribution in [1.29, 1.82) is 0 Å². The molecule has 5 nitrogen and oxygen atoms in total. The number of rotatable bonds is 2. The lowest BCUT2D eigenvalue weighted by atomic mass is 9.76. The summed E-state index contributed by atoms with van der Waals surface area (Å²) in [6.07, 6.45) is 0. The minimum Gasteiger partial charge on any atom is -0.486 e. The zero-order valence-corrected chi connectivity index (χ0v) is 10.2. The van der Waals surface area contributed by atoms with E-state index in [0.717, 1.165) is 16.9 Å². The van der Waals surface area contributed by atoms with Crippen LogP contribution in [0.5, 0.6) is 11.5 Å². The zero-order valence-electron chi connectivity index (χ0n) is 10.2. The second-order valence-corrected chi connectivity index (χ2v) is 4.75. The van der Waals surface area contributed by atoms with Crippen molar-refractivity contribution in [1.82, 2.24) is 0 Å². The Hall–Kier alpha value is -1.75. The Morgan fingerprint density at radius 1 is 1.22 bits per heavy atom. The van der Waals surface area contributed by atoms with Crippen molar-refractivity contribution in [3.05, 3.63) is 23.3 Å². The standard InChI is InChI=1S/C13H15NO4/c1-8-4-10-11(18-3-2-17-10)5-9(8)13(12(14)15)6-16-7-13/h4-5H,2-3,6-7H2,1H3,(H2,14,15). The van der Waals surface area contributed by atoms with Gasteiger partial charge in [0.2, 0.25) is 5.91 Å². The maximum Gasteiger partial charge on any atom is 0.232 e. The number of hydrogen-bond acceptors (Lipinski definition) is 4. The number of ether oxygens (including phenoxy) is 3. The summed E-state index contributed by atoms with van der Waals surface area (Å²) in [6, 6.07) is 3.75. The van der Waals surface area contributed by atoms with Crippen LogP contribution in [0.2, 0.25) is 0 Å². The van der Waals surface area contributed by atoms with Gasteiger partial charge in [-0.15, -0.1) is 0 Å². The number of hydrogen-bond donors (Lipinski definition) is 1. The molecule has 3 rings (SSSR count). The van der Waals surface area contributed by atoms with Gasteiger partial charge in [-0.05, 0) is 30.2 Å². The van der Waals surface area contributed by atoms with E-state index in [1.807, 2.05) is 19.1 Å². The average Bonchev–Trinajstić information content (AvgIpc) is 2.27. The lowest BCUT2D eigenvalue weighted by Gasteiger charge is -2.40. The summed E-state index contributed by atoms with van der Waals surface area (Å²) in [4.78, 5) is 11.7. The molecule has 0 atom stereocenters. The highest BCUT2D eigenvalue weighted by atomic mass is 16.6. The smallest absolute Gasteiger partial charge is 0.232 e. The first-order valence-corrected chi connectivity index (χ1v) is 5.92. The van der Waals surface area contributed by atoms with Crippen LogP contribution in [0, 0.1) is 6.92 Å². The van der Waals surface area contributed by atoms with E-state index in [4.69, 9.17) is 19.9 Å². The Kier molecular flexibility index (Phi) is 2.45. The molecule has 18 heavy (non-hydrogen) atoms. The lowest BCUT2D eigenvalue weighted by Crippen LogP contribution is -2.56. The van der Waals surface area contributed by atoms with Crippen LogP contribution in [0.25, 0.3) is 0 Å². The number of amides is 1. The monoisotopic (exact) mass is 249 g/mol. The van der Waals surface area contributed by atoms with E-state index in [2.05, 4.69) is 0 Å². The SMILES string of the molecule is Cc1cc2c(cc1C1(C(N)=O)COC1)OCCO2. The van der Waals surface area contributed by atoms with Crippen molar-refractivity contribution >= 4 is 5.91 Å². The second kappa shape index (κ2) is 3.88. The molecule has 0 radical (unpaired) electrons. The Morgan fingerprint density at radius 2 is 1.83 bits per heavy atom. The maximum absolute atomic E-state index is 11.7. The minimum atomic E-state index is -0.708. The van der Waals surface area contributed by atoms with Gasteiger partial charge in [0.15, 0.2) is 11.5 Å². The molecule has 2 aliphatic rings. The molecule has 0 aliphatic carbocycles. The Bertz CT molecular complexity index is 508. The van der Waals surface area contributed by atoms with E-state index >= 15 is 0 Å². The van der Waals surface area contributed by atoms with Crippen LogP contribution in [0.3, 0.4) is 0 Å². The molecular weight excluding hydrogens is 234 g/mol. The average molecular weight is 249 g/mol. The second-order valence-electron chi connectivity index (χ2n) is 4.75. The predicted octanol–water partition coefficient (Wildman–Crippen LogP) is 0.520. The van der Waals surface area contributed by atoms with Gasteiger partial charge >= 0.3 is 0 Å². The third-order valence-electron chi connectivity index (χ3n) is 3.57. The molecule has 0 aromatic heterocycles. The predicted molar refractivity (Wildman–Crippen MR) is 63.9 cm³/mol. The van der Waals surface area contributed by atoms with Gasteiger partial charge < -0.3 is 19.9 Å². The van der Waals surface area contributed by atoms with Gasteiger partial charge in [-0.1, -0.05) is 0 Å². The Labute approximate surface area is 105 Å². The fourth-order valence-corrected chi connectivity index (χ4v) is 2.44. The molecular formula is C13H15NO4. The Morgan fingerprint density at radius 3 is 2.33 bits per heavy atom. The Balaban J connectivity index is 2.09. The van der Waals surface area contributed by atoms with Crippen LogP contribution in [0.1, 0.15) is 11.1 Å². The van der Waals surface area contributed by atoms with Crippen molar-refractivity contribution in [3.8, 4) is 11.5 Å². The van der Waals surface area contributed by atoms with Crippen LogP contribution in [-0.2, 0) is 14.9 Å². The first-order chi connectivity index (χ1) is 8.63. The summed E-state index contributed by atoms with van der Waals surface area (Å²) in [5.74, 6) is 1.05. The van der Waals surface area contributed by atoms with Crippen molar-refractivity contribution in [3.63, 3.8) is 0 Å². The molecule has 96 valence electrons. The number of aryl methyl sites for hydroxylation is 1. The largest absolute Gasteiger partial charge is 0.486 e. The summed E-state index contributed by atoms with van der Waals surface area (Å²) < 4.78 is 16.2. The highest BCUT2D eigenvalue weighted by molar-refractivity contribution is 5.88. The lowest BCUT2D eigenvalue weighted by molar-refractivity contribution is -0.141. The fourth-order valence-electron chi connectivity index (χ4n) is 2.44. The van der Waals surface area contributed by atoms with Crippen molar-refractivity contribution in [2.45, 2.75) is 12.3 Å². The van der Waals surface area contributed by atoms with Gasteiger partial charge in [0.05, 0.1) is 13.2 Å². The van der Waals surface area contributed by atoms with Crippen LogP contribution < -0.4 is 15.2 Å². The van der Waals surface area contributed by atoms with Crippen LogP contribution in [0.4, 0.5) is 0 Å². The van der Waals surface area contributed by atoms with E-state index < -0.39 is 5.41 Å². The molecule has 0 bridgehead atoms. The van der Waals surface area contributed by atoms with E-state index in [1.54, 1.807) is 0 Å². The normalized spacial score (nSPS) is 20.1. The highest BCUT2D eigenvalue weighted by Crippen LogP contribution is 2.40. The molecule has 0 unspecified atom stereocenters. The van der Waals surface area contributed by atoms with E-state index in [1.165, 1.54) is 0 Å². The number of carbonyl (C=O) groups is 1. The number of benzene rings is 1. The van der Waals surface area contributed by atoms with Crippen molar-refractivity contribution in [2.75, 3.05) is 26.4 Å². The van der Waals surface area contributed by atoms with Gasteiger partial charge in [-0.25, -0.2) is 0 Å². The van der Waals surface area contributed by atoms with Crippen LogP contribution in [-0.4, -0.2) is 32.3 Å². The van der Waals surface area contributed by atoms with Gasteiger partial charge in [0, 0.05) is 0 Å². The van der Waals surface area contributed by atoms with Crippen molar-refractivity contribution < 1.29 is 19.0 Å². The van der Waals surface area contributed by atoms with Gasteiger partial charge in [-0.2, -0.15) is 0 Å². The van der Waals surface area contributed by atoms with Gasteiger partial charge in [-0.3, -0.25) is 4.79 Å². The first-order valence-electron chi connectivity index (χ1n) is 5.92. The third kappa shape index (κ3) is 1.47. The summed E-state index contributed by atoms with van der Waals surface area (Å²) in [6.45, 7) is 3.69. The number of nitrogens with two attached hydrogens (primary N) is 1. The molecule has 2 N–H and O–H groups in total. The molecule has 0 spiro atoms. The highest BCUT2D eigenvalue weighted by Gasteiger charge is 2.47. The minimum absolute atomic E-state index is 0.336. The maximum atomic E-state index is 11.7. The van der Waals surface area contributed by atoms with Crippen molar-refractivity contribution in [2.24, 2.45) is 5.73 Å². The molecule has 1 amide bonds. The fraction of sp³-hybridized carbons (Fsp3) is 0.462. The molecule has 1 aromatic rings. The number of carbonyl (C=O) groups excluding carboxylic acids is 1. The molecule has 5 heteroatoms. The molecule has 1 aromatic carbocycles. The van der Waals surface area contributed by atoms with Gasteiger partial charge in [0.1, 0.15) is 18.6 Å². The zero-order chi connectivity index (χ0) is 12.8. The topological polar surface area (TPSA) is 70.8 Å². The van der Waals surface area contributed by atoms with E-state index in [0.29, 0.717) is 32.2 Å². The summed E-state index contributed by atoms with van der Waals surface area (Å²) >= 11 is 0. The first kappa shape index (κ1) is 11.3. The summed E-state index contributed by atoms with van der Waals surface area (Å²) in [7, 11) is 0. The van der Waals surface area contributed by atoms with Crippen LogP contribution >= 0.6 is 0 Å². The van der Waals surface area contributed by atoms with Crippen LogP contribution in [0.15, 0.2) is 12.1 Å². The van der Waals surface area contributed by atoms with Gasteiger partial charge in [0.25, 0.3) is 0 Å². The molecule has 1 saturated heterocycles. The third-order valence-corrected chi connectivity index (χ3v) is 3.57. The molecule has 1 fully saturated rings. The van der Waals surface area contributed by atoms with E-state index in [-0.39, 0.29) is 5.91 Å². The summed E-state index contributed by atoms with van der Waals surface area (Å²) in [5.41, 5.74) is 6.66.